The molecule has 0 saturated carbocycles. The van der Waals surface area contributed by atoms with Crippen LogP contribution in [-0.2, 0) is 10.0 Å². The van der Waals surface area contributed by atoms with Crippen LogP contribution in [0.15, 0.2) is 47.4 Å². The van der Waals surface area contributed by atoms with Gasteiger partial charge in [0.1, 0.15) is 17.5 Å². The summed E-state index contributed by atoms with van der Waals surface area (Å²) in [6.45, 7) is -0.308. The van der Waals surface area contributed by atoms with E-state index in [0.717, 1.165) is 28.6 Å². The van der Waals surface area contributed by atoms with Crippen LogP contribution in [0.2, 0.25) is 0 Å². The highest BCUT2D eigenvalue weighted by atomic mass is 32.2. The molecule has 3 rings (SSSR count). The molecular formula is C17H15F3N2O3S. The zero-order valence-electron chi connectivity index (χ0n) is 13.5. The molecule has 0 spiro atoms. The Morgan fingerprint density at radius 1 is 0.808 bits per heavy atom. The van der Waals surface area contributed by atoms with Crippen LogP contribution < -0.4 is 0 Å². The number of halogens is 3. The number of carbonyl (C=O) groups excluding carboxylic acids is 1. The smallest absolute Gasteiger partial charge is 0.256 e. The molecule has 2 aromatic carbocycles. The van der Waals surface area contributed by atoms with Crippen LogP contribution in [0.4, 0.5) is 13.2 Å². The maximum atomic E-state index is 13.8. The SMILES string of the molecule is O=C(c1ccccc1F)N1CCN(S(=O)(=O)c2c(F)cccc2F)CC1. The van der Waals surface area contributed by atoms with Crippen molar-refractivity contribution in [2.24, 2.45) is 0 Å². The molecule has 1 fully saturated rings. The van der Waals surface area contributed by atoms with Crippen molar-refractivity contribution in [2.75, 3.05) is 26.2 Å². The van der Waals surface area contributed by atoms with E-state index in [1.807, 2.05) is 0 Å². The lowest BCUT2D eigenvalue weighted by Gasteiger charge is -2.34. The van der Waals surface area contributed by atoms with Gasteiger partial charge in [0.05, 0.1) is 5.56 Å². The highest BCUT2D eigenvalue weighted by Crippen LogP contribution is 2.24. The van der Waals surface area contributed by atoms with Gasteiger partial charge < -0.3 is 4.90 Å². The van der Waals surface area contributed by atoms with Crippen LogP contribution in [0, 0.1) is 17.5 Å². The summed E-state index contributed by atoms with van der Waals surface area (Å²) in [5, 5.41) is 0. The van der Waals surface area contributed by atoms with Gasteiger partial charge in [-0.05, 0) is 24.3 Å². The standard InChI is InChI=1S/C17H15F3N2O3S/c18-13-5-2-1-4-12(13)17(23)21-8-10-22(11-9-21)26(24,25)16-14(19)6-3-7-15(16)20/h1-7H,8-11H2. The molecule has 1 saturated heterocycles. The first-order valence-corrected chi connectivity index (χ1v) is 9.24. The second-order valence-corrected chi connectivity index (χ2v) is 7.60. The fourth-order valence-electron chi connectivity index (χ4n) is 2.79. The molecule has 2 aromatic rings. The second kappa shape index (κ2) is 7.08. The molecule has 0 aliphatic carbocycles. The van der Waals surface area contributed by atoms with Gasteiger partial charge >= 0.3 is 0 Å². The predicted octanol–water partition coefficient (Wildman–Crippen LogP) is 2.25. The fraction of sp³-hybridized carbons (Fsp3) is 0.235. The molecule has 1 aliphatic heterocycles. The summed E-state index contributed by atoms with van der Waals surface area (Å²) in [4.78, 5) is 12.7. The maximum Gasteiger partial charge on any atom is 0.256 e. The molecule has 1 heterocycles. The van der Waals surface area contributed by atoms with Gasteiger partial charge in [0, 0.05) is 26.2 Å². The second-order valence-electron chi connectivity index (χ2n) is 5.73. The number of hydrogen-bond donors (Lipinski definition) is 0. The van der Waals surface area contributed by atoms with Crippen molar-refractivity contribution in [3.8, 4) is 0 Å². The van der Waals surface area contributed by atoms with Crippen LogP contribution in [0.25, 0.3) is 0 Å². The Kier molecular flexibility index (Phi) is 5.01. The number of piperazine rings is 1. The van der Waals surface area contributed by atoms with Crippen molar-refractivity contribution in [2.45, 2.75) is 4.90 Å². The van der Waals surface area contributed by atoms with E-state index in [1.165, 1.54) is 23.1 Å². The largest absolute Gasteiger partial charge is 0.336 e. The average Bonchev–Trinajstić information content (AvgIpc) is 2.61. The van der Waals surface area contributed by atoms with E-state index in [1.54, 1.807) is 0 Å². The van der Waals surface area contributed by atoms with Crippen LogP contribution >= 0.6 is 0 Å². The molecular weight excluding hydrogens is 369 g/mol. The van der Waals surface area contributed by atoms with Crippen molar-refractivity contribution in [1.82, 2.24) is 9.21 Å². The Hall–Kier alpha value is -2.39. The van der Waals surface area contributed by atoms with Gasteiger partial charge in [-0.15, -0.1) is 0 Å². The van der Waals surface area contributed by atoms with Gasteiger partial charge in [-0.1, -0.05) is 18.2 Å². The molecule has 26 heavy (non-hydrogen) atoms. The van der Waals surface area contributed by atoms with E-state index in [9.17, 15) is 26.4 Å². The zero-order valence-corrected chi connectivity index (χ0v) is 14.3. The number of amides is 1. The van der Waals surface area contributed by atoms with Crippen LogP contribution in [0.5, 0.6) is 0 Å². The minimum Gasteiger partial charge on any atom is -0.336 e. The molecule has 9 heteroatoms. The Morgan fingerprint density at radius 2 is 1.35 bits per heavy atom. The summed E-state index contributed by atoms with van der Waals surface area (Å²) >= 11 is 0. The first-order chi connectivity index (χ1) is 12.3. The van der Waals surface area contributed by atoms with Gasteiger partial charge in [-0.2, -0.15) is 4.31 Å². The minimum atomic E-state index is -4.37. The molecule has 138 valence electrons. The summed E-state index contributed by atoms with van der Waals surface area (Å²) in [6.07, 6.45) is 0. The summed E-state index contributed by atoms with van der Waals surface area (Å²) in [6, 6.07) is 8.30. The van der Waals surface area contributed by atoms with Gasteiger partial charge in [-0.25, -0.2) is 21.6 Å². The first-order valence-electron chi connectivity index (χ1n) is 7.80. The van der Waals surface area contributed by atoms with Crippen LogP contribution in [0.3, 0.4) is 0 Å². The molecule has 0 bridgehead atoms. The number of hydrogen-bond acceptors (Lipinski definition) is 3. The normalized spacial score (nSPS) is 15.9. The molecule has 0 atom stereocenters. The monoisotopic (exact) mass is 384 g/mol. The first kappa shape index (κ1) is 18.4. The van der Waals surface area contributed by atoms with E-state index >= 15 is 0 Å². The summed E-state index contributed by atoms with van der Waals surface area (Å²) < 4.78 is 67.3. The third-order valence-corrected chi connectivity index (χ3v) is 6.10. The Morgan fingerprint density at radius 3 is 1.92 bits per heavy atom. The number of carbonyl (C=O) groups is 1. The van der Waals surface area contributed by atoms with Crippen LogP contribution in [-0.4, -0.2) is 49.7 Å². The van der Waals surface area contributed by atoms with E-state index in [-0.39, 0.29) is 31.7 Å². The zero-order chi connectivity index (χ0) is 18.9. The topological polar surface area (TPSA) is 57.7 Å². The Labute approximate surface area is 148 Å². The lowest BCUT2D eigenvalue weighted by Crippen LogP contribution is -2.50. The number of benzene rings is 2. The van der Waals surface area contributed by atoms with Gasteiger partial charge in [-0.3, -0.25) is 4.79 Å². The molecule has 0 radical (unpaired) electrons. The lowest BCUT2D eigenvalue weighted by molar-refractivity contribution is 0.0693. The van der Waals surface area contributed by atoms with E-state index in [0.29, 0.717) is 0 Å². The quantitative estimate of drug-likeness (QED) is 0.816. The molecule has 1 aliphatic rings. The Bertz CT molecular complexity index is 922. The highest BCUT2D eigenvalue weighted by Gasteiger charge is 2.34. The van der Waals surface area contributed by atoms with Gasteiger partial charge in [0.2, 0.25) is 10.0 Å². The van der Waals surface area contributed by atoms with Crippen molar-refractivity contribution in [1.29, 1.82) is 0 Å². The van der Waals surface area contributed by atoms with Gasteiger partial charge in [0.25, 0.3) is 5.91 Å². The van der Waals surface area contributed by atoms with E-state index in [4.69, 9.17) is 0 Å². The minimum absolute atomic E-state index is 0.0114. The van der Waals surface area contributed by atoms with Crippen molar-refractivity contribution < 1.29 is 26.4 Å². The summed E-state index contributed by atoms with van der Waals surface area (Å²) in [5.41, 5.74) is -0.107. The molecule has 5 nitrogen and oxygen atoms in total. The Balaban J connectivity index is 1.76. The third-order valence-electron chi connectivity index (χ3n) is 4.15. The number of rotatable bonds is 3. The molecule has 0 N–H and O–H groups in total. The number of nitrogens with zero attached hydrogens (tertiary/aromatic N) is 2. The van der Waals surface area contributed by atoms with Crippen molar-refractivity contribution in [3.05, 3.63) is 65.5 Å². The lowest BCUT2D eigenvalue weighted by atomic mass is 10.1. The fourth-order valence-corrected chi connectivity index (χ4v) is 4.33. The van der Waals surface area contributed by atoms with Crippen LogP contribution in [0.1, 0.15) is 10.4 Å². The van der Waals surface area contributed by atoms with E-state index in [2.05, 4.69) is 0 Å². The predicted molar refractivity (Wildman–Crippen MR) is 87.4 cm³/mol. The average molecular weight is 384 g/mol. The molecule has 1 amide bonds. The highest BCUT2D eigenvalue weighted by molar-refractivity contribution is 7.89. The summed E-state index contributed by atoms with van der Waals surface area (Å²) in [7, 11) is -4.37. The van der Waals surface area contributed by atoms with Gasteiger partial charge in [0.15, 0.2) is 4.90 Å². The third kappa shape index (κ3) is 3.32. The molecule has 0 aromatic heterocycles. The molecule has 0 unspecified atom stereocenters. The van der Waals surface area contributed by atoms with E-state index < -0.39 is 38.3 Å². The number of sulfonamides is 1. The maximum absolute atomic E-state index is 13.8. The van der Waals surface area contributed by atoms with Crippen molar-refractivity contribution >= 4 is 15.9 Å². The summed E-state index contributed by atoms with van der Waals surface area (Å²) in [5.74, 6) is -3.57. The van der Waals surface area contributed by atoms with Crippen molar-refractivity contribution in [3.63, 3.8) is 0 Å².